The van der Waals surface area contributed by atoms with Crippen LogP contribution >= 0.6 is 0 Å². The van der Waals surface area contributed by atoms with Crippen molar-refractivity contribution in [2.24, 2.45) is 0 Å². The number of benzene rings is 1. The molecule has 0 radical (unpaired) electrons. The summed E-state index contributed by atoms with van der Waals surface area (Å²) in [4.78, 5) is 22.6. The number of carbonyl (C=O) groups is 1. The predicted molar refractivity (Wildman–Crippen MR) is 79.8 cm³/mol. The van der Waals surface area contributed by atoms with Crippen LogP contribution in [0.15, 0.2) is 12.1 Å². The van der Waals surface area contributed by atoms with E-state index in [1.807, 2.05) is 0 Å². The average molecular weight is 362 g/mol. The molecule has 1 aromatic carbocycles. The monoisotopic (exact) mass is 362 g/mol. The van der Waals surface area contributed by atoms with Crippen molar-refractivity contribution in [1.82, 2.24) is 0 Å². The van der Waals surface area contributed by atoms with Gasteiger partial charge < -0.3 is 0 Å². The number of Topliss-reactive ketones (excluding diaryl/α,β-unsaturated/α-hetero) is 1. The minimum absolute atomic E-state index is 0.0628. The number of ketones is 1. The van der Waals surface area contributed by atoms with E-state index in [2.05, 4.69) is 11.8 Å². The van der Waals surface area contributed by atoms with Crippen molar-refractivity contribution in [2.75, 3.05) is 0 Å². The Morgan fingerprint density at radius 2 is 1.42 bits per heavy atom. The molecule has 0 aromatic heterocycles. The Bertz CT molecular complexity index is 1390. The Morgan fingerprint density at radius 1 is 0.917 bits per heavy atom. The molecule has 10 heterocycles. The van der Waals surface area contributed by atoms with Crippen LogP contribution in [0, 0.1) is 11.8 Å². The van der Waals surface area contributed by atoms with E-state index >= 15 is 0 Å². The molecule has 10 fully saturated rings. The Kier molecular flexibility index (Phi) is 0.396. The molecule has 10 aliphatic rings. The molecule has 10 saturated heterocycles. The molecule has 24 heavy (non-hydrogen) atoms. The summed E-state index contributed by atoms with van der Waals surface area (Å²) >= 11 is 0. The zero-order valence-corrected chi connectivity index (χ0v) is 13.6. The second kappa shape index (κ2) is 0.975. The van der Waals surface area contributed by atoms with Gasteiger partial charge in [0.25, 0.3) is 0 Å². The standard InChI is InChI=1S/C14H9O4.C5H5.Fe/c15-10-7-13(17)11(14(18)8-10)5-6-12(16)9-3-1-2-4-9;1-2-4-5-3-1;/h1-4,7-8,15,17-18H;1-5H;. The van der Waals surface area contributed by atoms with Gasteiger partial charge in [0.05, 0.1) is 0 Å². The van der Waals surface area contributed by atoms with Crippen LogP contribution in [0.25, 0.3) is 0 Å². The first-order valence-corrected chi connectivity index (χ1v) is 15.1. The molecule has 1 aromatic rings. The van der Waals surface area contributed by atoms with E-state index in [0.717, 1.165) is 55.5 Å². The first kappa shape index (κ1) is 9.75. The molecule has 5 heteroatoms. The quantitative estimate of drug-likeness (QED) is 0.528. The summed E-state index contributed by atoms with van der Waals surface area (Å²) in [7, 11) is 0. The van der Waals surface area contributed by atoms with Crippen molar-refractivity contribution < 1.29 is 26.6 Å². The van der Waals surface area contributed by atoms with Gasteiger partial charge >= 0.3 is 127 Å². The van der Waals surface area contributed by atoms with Gasteiger partial charge in [0.2, 0.25) is 0 Å². The van der Waals surface area contributed by atoms with Gasteiger partial charge in [-0.15, -0.1) is 0 Å². The first-order valence-electron chi connectivity index (χ1n) is 8.79. The Morgan fingerprint density at radius 3 is 1.79 bits per heavy atom. The number of phenols is 3. The van der Waals surface area contributed by atoms with E-state index in [9.17, 15) is 20.1 Å². The van der Waals surface area contributed by atoms with Gasteiger partial charge in [-0.3, -0.25) is 0 Å². The molecule has 3 N–H and O–H groups in total. The van der Waals surface area contributed by atoms with Crippen molar-refractivity contribution in [3.05, 3.63) is 17.7 Å². The van der Waals surface area contributed by atoms with Crippen LogP contribution in [0.4, 0.5) is 0 Å². The van der Waals surface area contributed by atoms with E-state index in [-0.39, 0.29) is 32.9 Å². The Balaban J connectivity index is 1.18. The van der Waals surface area contributed by atoms with E-state index in [1.54, 1.807) is 0 Å². The number of fused-ring (bicyclic) bond motifs is 10. The van der Waals surface area contributed by atoms with Gasteiger partial charge in [0.1, 0.15) is 0 Å². The maximum atomic E-state index is 13.3. The third kappa shape index (κ3) is 0.134. The third-order valence-electron chi connectivity index (χ3n) is 16.4. The van der Waals surface area contributed by atoms with Gasteiger partial charge in [-0.2, -0.15) is 0 Å². The number of hydrogen-bond acceptors (Lipinski definition) is 4. The van der Waals surface area contributed by atoms with Crippen LogP contribution < -0.4 is 0 Å². The molecule has 10 aliphatic heterocycles. The molecule has 0 amide bonds. The normalized spacial score (nSPS) is 86.9. The number of phenolic OH excluding ortho intramolecular Hbond substituents is 3. The maximum absolute atomic E-state index is 13.3. The number of hydrogen-bond donors (Lipinski definition) is 3. The van der Waals surface area contributed by atoms with Gasteiger partial charge in [0.15, 0.2) is 0 Å². The summed E-state index contributed by atoms with van der Waals surface area (Å²) in [6.45, 7) is -3.46. The van der Waals surface area contributed by atoms with Crippen LogP contribution in [0.3, 0.4) is 0 Å². The molecule has 4 unspecified atom stereocenters. The molecule has 122 valence electrons. The number of carbonyl (C=O) groups excluding carboxylic acids is 1. The molecular formula is C19H14FeO4. The summed E-state index contributed by atoms with van der Waals surface area (Å²) in [6.07, 6.45) is 0. The van der Waals surface area contributed by atoms with Gasteiger partial charge in [-0.05, 0) is 0 Å². The summed E-state index contributed by atoms with van der Waals surface area (Å²) in [5.74, 6) is 5.06. The molecule has 0 aliphatic carbocycles. The summed E-state index contributed by atoms with van der Waals surface area (Å²) in [6, 6.07) is 2.30. The topological polar surface area (TPSA) is 77.8 Å². The SMILES string of the molecule is O=C(C#Cc1c(O)cc(O)cc1O)[C]12[CH]3[CH]4[CH]5[CH]1[Fe]45321678[CH]2[CH]1[CH]6[CH]7[CH]28. The fraction of sp³-hybridized carbons (Fsp3) is 0.526. The van der Waals surface area contributed by atoms with E-state index in [1.165, 1.54) is 0 Å². The Labute approximate surface area is 127 Å². The van der Waals surface area contributed by atoms with Crippen LogP contribution in [0.1, 0.15) is 5.56 Å². The van der Waals surface area contributed by atoms with E-state index in [0.29, 0.717) is 0 Å². The summed E-state index contributed by atoms with van der Waals surface area (Å²) in [5.41, 5.74) is 0.0628. The average Bonchev–Trinajstić information content (AvgIpc) is 3.45. The third-order valence-corrected chi connectivity index (χ3v) is 58.7. The Hall–Kier alpha value is -1.63. The fourth-order valence-electron chi connectivity index (χ4n) is 17.7. The number of aromatic hydroxyl groups is 3. The molecular weight excluding hydrogens is 348 g/mol. The minimum atomic E-state index is -3.46. The van der Waals surface area contributed by atoms with Crippen molar-refractivity contribution >= 4 is 5.78 Å². The second-order valence-electron chi connectivity index (χ2n) is 12.1. The van der Waals surface area contributed by atoms with E-state index in [4.69, 9.17) is 0 Å². The molecule has 4 nitrogen and oxygen atoms in total. The van der Waals surface area contributed by atoms with Crippen LogP contribution in [-0.4, -0.2) is 21.1 Å². The summed E-state index contributed by atoms with van der Waals surface area (Å²) in [5, 5.41) is 29.2. The van der Waals surface area contributed by atoms with Gasteiger partial charge in [-0.1, -0.05) is 0 Å². The van der Waals surface area contributed by atoms with Crippen molar-refractivity contribution in [3.63, 3.8) is 0 Å². The van der Waals surface area contributed by atoms with Crippen LogP contribution in [-0.2, 0) is 11.3 Å². The first-order chi connectivity index (χ1) is 11.3. The molecule has 4 atom stereocenters. The van der Waals surface area contributed by atoms with Crippen molar-refractivity contribution in [3.8, 4) is 29.1 Å². The van der Waals surface area contributed by atoms with Crippen LogP contribution in [0.2, 0.25) is 47.7 Å². The second-order valence-corrected chi connectivity index (χ2v) is 35.7. The van der Waals surface area contributed by atoms with Gasteiger partial charge in [0, 0.05) is 0 Å². The van der Waals surface area contributed by atoms with Crippen molar-refractivity contribution in [1.29, 1.82) is 0 Å². The molecule has 11 rings (SSSR count). The zero-order chi connectivity index (χ0) is 15.7. The summed E-state index contributed by atoms with van der Waals surface area (Å²) < 4.78 is 0.0915. The van der Waals surface area contributed by atoms with Crippen LogP contribution in [0.5, 0.6) is 17.2 Å². The fourth-order valence-corrected chi connectivity index (χ4v) is 91.5. The van der Waals surface area contributed by atoms with Crippen molar-refractivity contribution in [2.45, 2.75) is 47.7 Å². The van der Waals surface area contributed by atoms with Gasteiger partial charge in [-0.25, -0.2) is 0 Å². The zero-order valence-electron chi connectivity index (χ0n) is 12.5. The van der Waals surface area contributed by atoms with E-state index < -0.39 is 6.51 Å². The predicted octanol–water partition coefficient (Wildman–Crippen LogP) is 3.48. The molecule has 1 spiro atoms. The molecule has 0 bridgehead atoms. The number of rotatable bonds is 1. The molecule has 0 saturated carbocycles.